The Hall–Kier alpha value is -1.78. The summed E-state index contributed by atoms with van der Waals surface area (Å²) in [7, 11) is 1.66. The number of ether oxygens (including phenoxy) is 1. The quantitative estimate of drug-likeness (QED) is 0.744. The molecule has 1 unspecified atom stereocenters. The number of aryl methyl sites for hydroxylation is 1. The molecule has 110 valence electrons. The molecule has 3 nitrogen and oxygen atoms in total. The second-order valence-electron chi connectivity index (χ2n) is 5.16. The third-order valence-electron chi connectivity index (χ3n) is 3.71. The van der Waals surface area contributed by atoms with Gasteiger partial charge in [0.25, 0.3) is 0 Å². The van der Waals surface area contributed by atoms with Crippen LogP contribution in [-0.4, -0.2) is 7.11 Å². The summed E-state index contributed by atoms with van der Waals surface area (Å²) in [5, 5.41) is 6.72. The molecular formula is C17H19NO2S. The number of hydrogen-bond donors (Lipinski definition) is 1. The van der Waals surface area contributed by atoms with Crippen LogP contribution in [0, 0.1) is 6.92 Å². The van der Waals surface area contributed by atoms with Crippen molar-refractivity contribution >= 4 is 22.3 Å². The first-order valence-corrected chi connectivity index (χ1v) is 7.90. The van der Waals surface area contributed by atoms with Crippen molar-refractivity contribution in [3.8, 4) is 5.75 Å². The lowest BCUT2D eigenvalue weighted by Gasteiger charge is -2.10. The summed E-state index contributed by atoms with van der Waals surface area (Å²) >= 11 is 1.78. The Morgan fingerprint density at radius 2 is 2.19 bits per heavy atom. The molecule has 1 atom stereocenters. The Bertz CT molecular complexity index is 744. The van der Waals surface area contributed by atoms with E-state index in [1.807, 2.05) is 18.2 Å². The fraction of sp³-hybridized carbons (Fsp3) is 0.294. The molecule has 1 aromatic carbocycles. The lowest BCUT2D eigenvalue weighted by molar-refractivity contribution is 0.399. The summed E-state index contributed by atoms with van der Waals surface area (Å²) in [6, 6.07) is 10.3. The third-order valence-corrected chi connectivity index (χ3v) is 4.73. The summed E-state index contributed by atoms with van der Waals surface area (Å²) in [6.45, 7) is 5.12. The molecule has 21 heavy (non-hydrogen) atoms. The van der Waals surface area contributed by atoms with Gasteiger partial charge in [0.1, 0.15) is 5.76 Å². The van der Waals surface area contributed by atoms with E-state index in [1.165, 1.54) is 10.4 Å². The largest absolute Gasteiger partial charge is 0.493 e. The van der Waals surface area contributed by atoms with E-state index in [0.717, 1.165) is 29.0 Å². The van der Waals surface area contributed by atoms with Gasteiger partial charge in [0.05, 0.1) is 13.2 Å². The maximum atomic E-state index is 5.97. The van der Waals surface area contributed by atoms with Gasteiger partial charge in [-0.15, -0.1) is 11.3 Å². The lowest BCUT2D eigenvalue weighted by atomic mass is 10.2. The number of fused-ring (bicyclic) bond motifs is 1. The van der Waals surface area contributed by atoms with Crippen molar-refractivity contribution in [1.82, 2.24) is 5.32 Å². The summed E-state index contributed by atoms with van der Waals surface area (Å²) in [4.78, 5) is 1.37. The molecule has 0 bridgehead atoms. The van der Waals surface area contributed by atoms with Gasteiger partial charge in [-0.25, -0.2) is 0 Å². The van der Waals surface area contributed by atoms with Gasteiger partial charge < -0.3 is 14.5 Å². The number of benzene rings is 1. The number of hydrogen-bond acceptors (Lipinski definition) is 4. The topological polar surface area (TPSA) is 34.4 Å². The zero-order chi connectivity index (χ0) is 14.8. The van der Waals surface area contributed by atoms with E-state index in [4.69, 9.17) is 9.15 Å². The Morgan fingerprint density at radius 3 is 2.90 bits per heavy atom. The van der Waals surface area contributed by atoms with E-state index in [1.54, 1.807) is 18.4 Å². The molecule has 0 spiro atoms. The van der Waals surface area contributed by atoms with Crippen LogP contribution in [0.2, 0.25) is 0 Å². The Labute approximate surface area is 128 Å². The lowest BCUT2D eigenvalue weighted by Crippen LogP contribution is -2.17. The average molecular weight is 301 g/mol. The first-order chi connectivity index (χ1) is 10.2. The first-order valence-electron chi connectivity index (χ1n) is 7.02. The van der Waals surface area contributed by atoms with Crippen molar-refractivity contribution in [1.29, 1.82) is 0 Å². The van der Waals surface area contributed by atoms with Crippen LogP contribution in [0.5, 0.6) is 5.75 Å². The zero-order valence-electron chi connectivity index (χ0n) is 12.5. The van der Waals surface area contributed by atoms with Gasteiger partial charge in [0.15, 0.2) is 11.3 Å². The van der Waals surface area contributed by atoms with Gasteiger partial charge in [0.2, 0.25) is 0 Å². The number of para-hydroxylation sites is 1. The normalized spacial score (nSPS) is 12.7. The number of rotatable bonds is 5. The van der Waals surface area contributed by atoms with Crippen LogP contribution in [0.1, 0.15) is 29.2 Å². The molecule has 4 heteroatoms. The molecule has 0 fully saturated rings. The summed E-state index contributed by atoms with van der Waals surface area (Å²) in [6.07, 6.45) is 0. The molecule has 1 N–H and O–H groups in total. The molecule has 0 aliphatic rings. The smallest absolute Gasteiger partial charge is 0.176 e. The van der Waals surface area contributed by atoms with Crippen LogP contribution in [-0.2, 0) is 6.54 Å². The average Bonchev–Trinajstić information content (AvgIpc) is 3.10. The summed E-state index contributed by atoms with van der Waals surface area (Å²) in [5.41, 5.74) is 2.15. The van der Waals surface area contributed by atoms with Crippen molar-refractivity contribution in [3.63, 3.8) is 0 Å². The predicted molar refractivity (Wildman–Crippen MR) is 87.1 cm³/mol. The van der Waals surface area contributed by atoms with Crippen LogP contribution in [0.15, 0.2) is 40.1 Å². The number of methoxy groups -OCH3 is 1. The molecule has 3 rings (SSSR count). The fourth-order valence-corrected chi connectivity index (χ4v) is 3.22. The molecule has 0 radical (unpaired) electrons. The molecule has 3 aromatic rings. The maximum Gasteiger partial charge on any atom is 0.176 e. The predicted octanol–water partition coefficient (Wildman–Crippen LogP) is 4.66. The highest BCUT2D eigenvalue weighted by Crippen LogP contribution is 2.31. The van der Waals surface area contributed by atoms with Crippen molar-refractivity contribution in [2.45, 2.75) is 26.4 Å². The maximum absolute atomic E-state index is 5.97. The van der Waals surface area contributed by atoms with E-state index >= 15 is 0 Å². The van der Waals surface area contributed by atoms with Crippen LogP contribution in [0.4, 0.5) is 0 Å². The van der Waals surface area contributed by atoms with Gasteiger partial charge in [0, 0.05) is 16.8 Å². The number of nitrogens with one attached hydrogen (secondary N) is 1. The van der Waals surface area contributed by atoms with Crippen LogP contribution < -0.4 is 10.1 Å². The Kier molecular flexibility index (Phi) is 3.99. The highest BCUT2D eigenvalue weighted by Gasteiger charge is 2.14. The van der Waals surface area contributed by atoms with Gasteiger partial charge in [-0.3, -0.25) is 0 Å². The van der Waals surface area contributed by atoms with E-state index in [-0.39, 0.29) is 6.04 Å². The SMILES string of the molecule is COc1cccc2cc(C(C)NCc3sccc3C)oc12. The molecule has 0 saturated carbocycles. The van der Waals surface area contributed by atoms with Gasteiger partial charge >= 0.3 is 0 Å². The molecule has 0 amide bonds. The minimum atomic E-state index is 0.156. The van der Waals surface area contributed by atoms with Crippen LogP contribution in [0.3, 0.4) is 0 Å². The number of furan rings is 1. The monoisotopic (exact) mass is 301 g/mol. The number of thiophene rings is 1. The fourth-order valence-electron chi connectivity index (χ4n) is 2.36. The molecule has 2 aromatic heterocycles. The van der Waals surface area contributed by atoms with Crippen LogP contribution >= 0.6 is 11.3 Å². The second kappa shape index (κ2) is 5.92. The van der Waals surface area contributed by atoms with E-state index < -0.39 is 0 Å². The van der Waals surface area contributed by atoms with Gasteiger partial charge in [-0.1, -0.05) is 12.1 Å². The van der Waals surface area contributed by atoms with Crippen LogP contribution in [0.25, 0.3) is 11.0 Å². The Morgan fingerprint density at radius 1 is 1.33 bits per heavy atom. The standard InChI is InChI=1S/C17H19NO2S/c1-11-7-8-21-16(11)10-18-12(2)15-9-13-5-4-6-14(19-3)17(13)20-15/h4-9,12,18H,10H2,1-3H3. The van der Waals surface area contributed by atoms with Crippen molar-refractivity contribution in [2.75, 3.05) is 7.11 Å². The highest BCUT2D eigenvalue weighted by molar-refractivity contribution is 7.10. The molecule has 0 aliphatic heterocycles. The molecular weight excluding hydrogens is 282 g/mol. The highest BCUT2D eigenvalue weighted by atomic mass is 32.1. The van der Waals surface area contributed by atoms with E-state index in [2.05, 4.69) is 36.7 Å². The van der Waals surface area contributed by atoms with Crippen molar-refractivity contribution in [3.05, 3.63) is 51.9 Å². The minimum absolute atomic E-state index is 0.156. The summed E-state index contributed by atoms with van der Waals surface area (Å²) in [5.74, 6) is 1.71. The van der Waals surface area contributed by atoms with Crippen molar-refractivity contribution < 1.29 is 9.15 Å². The zero-order valence-corrected chi connectivity index (χ0v) is 13.3. The van der Waals surface area contributed by atoms with Gasteiger partial charge in [-0.05, 0) is 43.0 Å². The summed E-state index contributed by atoms with van der Waals surface area (Å²) < 4.78 is 11.3. The second-order valence-corrected chi connectivity index (χ2v) is 6.16. The van der Waals surface area contributed by atoms with E-state index in [9.17, 15) is 0 Å². The molecule has 0 saturated heterocycles. The first kappa shape index (κ1) is 14.2. The van der Waals surface area contributed by atoms with Crippen molar-refractivity contribution in [2.24, 2.45) is 0 Å². The minimum Gasteiger partial charge on any atom is -0.493 e. The molecule has 2 heterocycles. The van der Waals surface area contributed by atoms with E-state index in [0.29, 0.717) is 0 Å². The Balaban J connectivity index is 1.78. The molecule has 0 aliphatic carbocycles. The third kappa shape index (κ3) is 2.82. The van der Waals surface area contributed by atoms with Gasteiger partial charge in [-0.2, -0.15) is 0 Å².